The highest BCUT2D eigenvalue weighted by Gasteiger charge is 2.23. The first-order valence-corrected chi connectivity index (χ1v) is 13.6. The molecule has 2 aliphatic rings. The molecule has 2 aromatic heterocycles. The van der Waals surface area contributed by atoms with Crippen molar-refractivity contribution in [2.75, 3.05) is 33.3 Å². The molecule has 1 fully saturated rings. The third-order valence-corrected chi connectivity index (χ3v) is 7.76. The van der Waals surface area contributed by atoms with Crippen LogP contribution in [-0.4, -0.2) is 58.5 Å². The van der Waals surface area contributed by atoms with Crippen molar-refractivity contribution in [2.24, 2.45) is 0 Å². The molecule has 0 saturated heterocycles. The van der Waals surface area contributed by atoms with Crippen molar-refractivity contribution in [1.29, 1.82) is 0 Å². The Bertz CT molecular complexity index is 1430. The van der Waals surface area contributed by atoms with E-state index in [1.807, 2.05) is 31.3 Å². The molecule has 0 N–H and O–H groups in total. The molecule has 1 saturated carbocycles. The number of pyridine rings is 1. The number of likely N-dealkylation sites (N-methyl/N-ethyl adjacent to an activating group) is 1. The third-order valence-electron chi connectivity index (χ3n) is 7.76. The van der Waals surface area contributed by atoms with E-state index >= 15 is 0 Å². The van der Waals surface area contributed by atoms with Crippen LogP contribution in [0.2, 0.25) is 0 Å². The van der Waals surface area contributed by atoms with Gasteiger partial charge in [-0.1, -0.05) is 43.2 Å². The summed E-state index contributed by atoms with van der Waals surface area (Å²) in [5.41, 5.74) is 3.08. The summed E-state index contributed by atoms with van der Waals surface area (Å²) in [5.74, 6) is 1.37. The van der Waals surface area contributed by atoms with Gasteiger partial charge in [-0.2, -0.15) is 0 Å². The van der Waals surface area contributed by atoms with Crippen molar-refractivity contribution >= 4 is 16.8 Å². The van der Waals surface area contributed by atoms with E-state index < -0.39 is 0 Å². The Morgan fingerprint density at radius 2 is 1.71 bits per heavy atom. The maximum atomic E-state index is 13.4. The van der Waals surface area contributed by atoms with Gasteiger partial charge in [-0.3, -0.25) is 9.69 Å². The molecule has 38 heavy (non-hydrogen) atoms. The topological polar surface area (TPSA) is 59.8 Å². The van der Waals surface area contributed by atoms with Gasteiger partial charge in [0.25, 0.3) is 5.91 Å². The van der Waals surface area contributed by atoms with Crippen LogP contribution in [0.4, 0.5) is 0 Å². The van der Waals surface area contributed by atoms with E-state index in [0.717, 1.165) is 19.6 Å². The molecule has 1 aliphatic carbocycles. The number of hydrogen-bond donors (Lipinski definition) is 0. The fourth-order valence-corrected chi connectivity index (χ4v) is 5.67. The molecule has 1 aliphatic heterocycles. The Balaban J connectivity index is 1.30. The van der Waals surface area contributed by atoms with Gasteiger partial charge in [-0.25, -0.2) is 4.98 Å². The first-order valence-electron chi connectivity index (χ1n) is 13.6. The second-order valence-electron chi connectivity index (χ2n) is 10.3. The standard InChI is InChI=1S/C31H34N4O3/c1-33-17-18-34(21-23-22-35(24-9-2-3-10-24)27-13-5-4-11-25(23)27)19-20-37-28-14-6-7-15-29(28)38-30-26(31(33)36)12-8-16-32-30/h4-8,11-16,22,24H,2-3,9-10,17-21H2,1H3. The molecule has 0 bridgehead atoms. The lowest BCUT2D eigenvalue weighted by molar-refractivity contribution is 0.0770. The summed E-state index contributed by atoms with van der Waals surface area (Å²) in [7, 11) is 1.84. The first kappa shape index (κ1) is 24.5. The van der Waals surface area contributed by atoms with E-state index in [1.165, 1.54) is 42.1 Å². The minimum absolute atomic E-state index is 0.108. The highest BCUT2D eigenvalue weighted by Crippen LogP contribution is 2.35. The van der Waals surface area contributed by atoms with E-state index in [4.69, 9.17) is 9.47 Å². The molecule has 7 heteroatoms. The van der Waals surface area contributed by atoms with E-state index in [2.05, 4.69) is 44.9 Å². The third kappa shape index (κ3) is 4.98. The van der Waals surface area contributed by atoms with Gasteiger partial charge in [0.05, 0.1) is 0 Å². The Kier molecular flexibility index (Phi) is 7.01. The summed E-state index contributed by atoms with van der Waals surface area (Å²) in [6, 6.07) is 20.4. The van der Waals surface area contributed by atoms with Gasteiger partial charge in [0.15, 0.2) is 11.5 Å². The van der Waals surface area contributed by atoms with Gasteiger partial charge in [0.1, 0.15) is 12.2 Å². The average molecular weight is 511 g/mol. The summed E-state index contributed by atoms with van der Waals surface area (Å²) in [6.07, 6.45) is 9.11. The molecule has 1 amide bonds. The number of amides is 1. The van der Waals surface area contributed by atoms with Crippen molar-refractivity contribution in [1.82, 2.24) is 19.4 Å². The molecular formula is C31H34N4O3. The number of carbonyl (C=O) groups is 1. The van der Waals surface area contributed by atoms with Crippen molar-refractivity contribution in [3.05, 3.63) is 84.2 Å². The smallest absolute Gasteiger partial charge is 0.259 e. The Hall–Kier alpha value is -3.84. The lowest BCUT2D eigenvalue weighted by Gasteiger charge is -2.25. The number of ether oxygens (including phenoxy) is 2. The molecule has 0 atom stereocenters. The number of rotatable bonds is 3. The Morgan fingerprint density at radius 3 is 2.58 bits per heavy atom. The molecule has 0 unspecified atom stereocenters. The Morgan fingerprint density at radius 1 is 0.921 bits per heavy atom. The van der Waals surface area contributed by atoms with E-state index in [1.54, 1.807) is 23.2 Å². The van der Waals surface area contributed by atoms with Crippen molar-refractivity contribution in [3.63, 3.8) is 0 Å². The van der Waals surface area contributed by atoms with Crippen LogP contribution in [0.1, 0.15) is 47.6 Å². The summed E-state index contributed by atoms with van der Waals surface area (Å²) < 4.78 is 14.8. The molecule has 3 heterocycles. The van der Waals surface area contributed by atoms with E-state index in [9.17, 15) is 4.79 Å². The van der Waals surface area contributed by atoms with Crippen LogP contribution >= 0.6 is 0 Å². The number of hydrogen-bond acceptors (Lipinski definition) is 5. The fourth-order valence-electron chi connectivity index (χ4n) is 5.67. The first-order chi connectivity index (χ1) is 18.7. The van der Waals surface area contributed by atoms with Crippen LogP contribution in [0.3, 0.4) is 0 Å². The number of nitrogens with zero attached hydrogens (tertiary/aromatic N) is 4. The maximum Gasteiger partial charge on any atom is 0.259 e. The highest BCUT2D eigenvalue weighted by atomic mass is 16.5. The number of aromatic nitrogens is 2. The molecule has 196 valence electrons. The van der Waals surface area contributed by atoms with Crippen molar-refractivity contribution in [2.45, 2.75) is 38.3 Å². The molecular weight excluding hydrogens is 476 g/mol. The number of para-hydroxylation sites is 3. The van der Waals surface area contributed by atoms with Crippen LogP contribution in [0, 0.1) is 0 Å². The quantitative estimate of drug-likeness (QED) is 0.343. The average Bonchev–Trinajstić information content (AvgIpc) is 3.60. The summed E-state index contributed by atoms with van der Waals surface area (Å²) >= 11 is 0. The van der Waals surface area contributed by atoms with Crippen LogP contribution < -0.4 is 9.47 Å². The molecule has 7 nitrogen and oxygen atoms in total. The fraction of sp³-hybridized carbons (Fsp3) is 0.355. The minimum Gasteiger partial charge on any atom is -0.488 e. The van der Waals surface area contributed by atoms with Crippen molar-refractivity contribution < 1.29 is 14.3 Å². The van der Waals surface area contributed by atoms with Gasteiger partial charge in [0, 0.05) is 62.6 Å². The second kappa shape index (κ2) is 10.9. The monoisotopic (exact) mass is 510 g/mol. The van der Waals surface area contributed by atoms with Crippen LogP contribution in [0.5, 0.6) is 17.4 Å². The van der Waals surface area contributed by atoms with Crippen LogP contribution in [0.15, 0.2) is 73.1 Å². The zero-order valence-electron chi connectivity index (χ0n) is 21.9. The van der Waals surface area contributed by atoms with E-state index in [0.29, 0.717) is 36.3 Å². The van der Waals surface area contributed by atoms with Gasteiger partial charge < -0.3 is 18.9 Å². The molecule has 0 radical (unpaired) electrons. The van der Waals surface area contributed by atoms with Gasteiger partial charge in [-0.15, -0.1) is 0 Å². The maximum absolute atomic E-state index is 13.4. The Labute approximate surface area is 223 Å². The molecule has 4 aromatic rings. The molecule has 6 rings (SSSR count). The van der Waals surface area contributed by atoms with Crippen LogP contribution in [0.25, 0.3) is 10.9 Å². The highest BCUT2D eigenvalue weighted by molar-refractivity contribution is 5.96. The molecule has 0 spiro atoms. The SMILES string of the molecule is CN1CCN(Cc2cn(C3CCCC3)c3ccccc23)CCOc2ccccc2Oc2ncccc2C1=O. The predicted octanol–water partition coefficient (Wildman–Crippen LogP) is 5.91. The normalized spacial score (nSPS) is 17.6. The molecule has 2 aromatic carbocycles. The zero-order valence-corrected chi connectivity index (χ0v) is 21.9. The number of benzene rings is 2. The number of fused-ring (bicyclic) bond motifs is 3. The van der Waals surface area contributed by atoms with Gasteiger partial charge >= 0.3 is 0 Å². The lowest BCUT2D eigenvalue weighted by Crippen LogP contribution is -2.37. The largest absolute Gasteiger partial charge is 0.488 e. The summed E-state index contributed by atoms with van der Waals surface area (Å²) in [4.78, 5) is 21.9. The van der Waals surface area contributed by atoms with E-state index in [-0.39, 0.29) is 11.8 Å². The van der Waals surface area contributed by atoms with Crippen molar-refractivity contribution in [3.8, 4) is 17.4 Å². The van der Waals surface area contributed by atoms with Gasteiger partial charge in [-0.05, 0) is 48.7 Å². The lowest BCUT2D eigenvalue weighted by atomic mass is 10.1. The summed E-state index contributed by atoms with van der Waals surface area (Å²) in [6.45, 7) is 3.34. The minimum atomic E-state index is -0.108. The second-order valence-corrected chi connectivity index (χ2v) is 10.3. The predicted molar refractivity (Wildman–Crippen MR) is 148 cm³/mol. The number of carbonyl (C=O) groups excluding carboxylic acids is 1. The van der Waals surface area contributed by atoms with Crippen LogP contribution in [-0.2, 0) is 6.54 Å². The van der Waals surface area contributed by atoms with Gasteiger partial charge in [0.2, 0.25) is 5.88 Å². The zero-order chi connectivity index (χ0) is 25.9. The summed E-state index contributed by atoms with van der Waals surface area (Å²) in [5, 5.41) is 1.31.